The van der Waals surface area contributed by atoms with Gasteiger partial charge in [-0.15, -0.1) is 0 Å². The number of aliphatic carboxylic acids is 1. The molecule has 7 nitrogen and oxygen atoms in total. The number of nitrogens with two attached hydrogens (primary N) is 1. The highest BCUT2D eigenvalue weighted by atomic mass is 32.2. The molecular weight excluding hydrogens is 342 g/mol. The van der Waals surface area contributed by atoms with E-state index in [0.29, 0.717) is 23.4 Å². The van der Waals surface area contributed by atoms with Crippen LogP contribution in [0, 0.1) is 5.92 Å². The minimum atomic E-state index is -0.728. The molecule has 1 aromatic carbocycles. The van der Waals surface area contributed by atoms with Crippen molar-refractivity contribution in [2.24, 2.45) is 5.92 Å². The van der Waals surface area contributed by atoms with Gasteiger partial charge < -0.3 is 16.2 Å². The van der Waals surface area contributed by atoms with Crippen LogP contribution in [0.5, 0.6) is 0 Å². The highest BCUT2D eigenvalue weighted by Gasteiger charge is 2.27. The number of carbonyl (C=O) groups is 3. The number of hydrogen-bond acceptors (Lipinski definition) is 6. The van der Waals surface area contributed by atoms with Crippen molar-refractivity contribution in [3.63, 3.8) is 0 Å². The number of thioether (sulfide) groups is 1. The SMILES string of the molecule is Nc1ccc(C=C2SC(=O)NC2=O)cc1NC1CCC(C(=O)O)CC1. The summed E-state index contributed by atoms with van der Waals surface area (Å²) in [4.78, 5) is 34.2. The third-order valence-corrected chi connectivity index (χ3v) is 5.26. The number of anilines is 2. The molecule has 1 aromatic rings. The van der Waals surface area contributed by atoms with Crippen molar-refractivity contribution in [1.82, 2.24) is 5.32 Å². The van der Waals surface area contributed by atoms with Crippen LogP contribution in [-0.4, -0.2) is 28.3 Å². The Hall–Kier alpha value is -2.48. The maximum absolute atomic E-state index is 11.6. The third-order valence-electron chi connectivity index (χ3n) is 4.45. The van der Waals surface area contributed by atoms with Crippen molar-refractivity contribution in [3.8, 4) is 0 Å². The van der Waals surface area contributed by atoms with E-state index in [1.54, 1.807) is 18.2 Å². The first kappa shape index (κ1) is 17.3. The largest absolute Gasteiger partial charge is 0.481 e. The van der Waals surface area contributed by atoms with Gasteiger partial charge in [-0.2, -0.15) is 0 Å². The lowest BCUT2D eigenvalue weighted by molar-refractivity contribution is -0.142. The Labute approximate surface area is 149 Å². The van der Waals surface area contributed by atoms with Gasteiger partial charge in [-0.05, 0) is 61.2 Å². The monoisotopic (exact) mass is 361 g/mol. The molecule has 2 aliphatic rings. The zero-order valence-corrected chi connectivity index (χ0v) is 14.3. The molecule has 0 bridgehead atoms. The van der Waals surface area contributed by atoms with Crippen molar-refractivity contribution in [2.75, 3.05) is 11.1 Å². The Bertz CT molecular complexity index is 754. The van der Waals surface area contributed by atoms with Gasteiger partial charge in [0, 0.05) is 6.04 Å². The quantitative estimate of drug-likeness (QED) is 0.480. The van der Waals surface area contributed by atoms with Gasteiger partial charge in [0.1, 0.15) is 0 Å². The van der Waals surface area contributed by atoms with Gasteiger partial charge in [0.15, 0.2) is 0 Å². The van der Waals surface area contributed by atoms with Crippen LogP contribution >= 0.6 is 11.8 Å². The molecule has 1 heterocycles. The number of carboxylic acid groups (broad SMARTS) is 1. The fraction of sp³-hybridized carbons (Fsp3) is 0.353. The van der Waals surface area contributed by atoms with Crippen LogP contribution in [-0.2, 0) is 9.59 Å². The number of amides is 2. The number of hydrogen-bond donors (Lipinski definition) is 4. The predicted octanol–water partition coefficient (Wildman–Crippen LogP) is 2.65. The fourth-order valence-corrected chi connectivity index (χ4v) is 3.75. The molecular formula is C17H19N3O4S. The average Bonchev–Trinajstić information content (AvgIpc) is 2.88. The van der Waals surface area contributed by atoms with Crippen molar-refractivity contribution < 1.29 is 19.5 Å². The molecule has 5 N–H and O–H groups in total. The number of benzene rings is 1. The van der Waals surface area contributed by atoms with E-state index >= 15 is 0 Å². The number of carbonyl (C=O) groups excluding carboxylic acids is 2. The molecule has 1 aliphatic carbocycles. The molecule has 1 saturated carbocycles. The molecule has 1 saturated heterocycles. The molecule has 0 atom stereocenters. The molecule has 1 aliphatic heterocycles. The van der Waals surface area contributed by atoms with Gasteiger partial charge in [0.25, 0.3) is 11.1 Å². The number of rotatable bonds is 4. The second-order valence-corrected chi connectivity index (χ2v) is 7.24. The molecule has 0 aromatic heterocycles. The van der Waals surface area contributed by atoms with Crippen LogP contribution in [0.1, 0.15) is 31.2 Å². The van der Waals surface area contributed by atoms with Crippen molar-refractivity contribution in [3.05, 3.63) is 28.7 Å². The first-order chi connectivity index (χ1) is 11.9. The van der Waals surface area contributed by atoms with E-state index in [9.17, 15) is 14.4 Å². The van der Waals surface area contributed by atoms with E-state index in [1.165, 1.54) is 0 Å². The Morgan fingerprint density at radius 2 is 2.00 bits per heavy atom. The van der Waals surface area contributed by atoms with Crippen molar-refractivity contribution in [1.29, 1.82) is 0 Å². The van der Waals surface area contributed by atoms with E-state index in [1.807, 2.05) is 6.07 Å². The second kappa shape index (κ2) is 7.18. The molecule has 0 radical (unpaired) electrons. The molecule has 25 heavy (non-hydrogen) atoms. The summed E-state index contributed by atoms with van der Waals surface area (Å²) in [5.41, 5.74) is 8.13. The first-order valence-corrected chi connectivity index (χ1v) is 8.88. The van der Waals surface area contributed by atoms with E-state index in [-0.39, 0.29) is 17.2 Å². The molecule has 132 valence electrons. The first-order valence-electron chi connectivity index (χ1n) is 8.06. The summed E-state index contributed by atoms with van der Waals surface area (Å²) >= 11 is 0.871. The predicted molar refractivity (Wildman–Crippen MR) is 97.0 cm³/mol. The summed E-state index contributed by atoms with van der Waals surface area (Å²) in [5, 5.41) is 14.3. The van der Waals surface area contributed by atoms with Crippen LogP contribution in [0.2, 0.25) is 0 Å². The Morgan fingerprint density at radius 1 is 1.28 bits per heavy atom. The molecule has 2 fully saturated rings. The average molecular weight is 361 g/mol. The lowest BCUT2D eigenvalue weighted by atomic mass is 9.86. The van der Waals surface area contributed by atoms with Crippen LogP contribution < -0.4 is 16.4 Å². The number of nitrogens with one attached hydrogen (secondary N) is 2. The summed E-state index contributed by atoms with van der Waals surface area (Å²) in [6, 6.07) is 5.54. The van der Waals surface area contributed by atoms with E-state index in [0.717, 1.165) is 35.9 Å². The zero-order chi connectivity index (χ0) is 18.0. The molecule has 0 unspecified atom stereocenters. The lowest BCUT2D eigenvalue weighted by Gasteiger charge is -2.28. The second-order valence-electron chi connectivity index (χ2n) is 6.23. The van der Waals surface area contributed by atoms with Gasteiger partial charge >= 0.3 is 5.97 Å². The summed E-state index contributed by atoms with van der Waals surface area (Å²) in [6.45, 7) is 0. The van der Waals surface area contributed by atoms with Crippen LogP contribution in [0.4, 0.5) is 16.2 Å². The van der Waals surface area contributed by atoms with E-state index < -0.39 is 11.9 Å². The van der Waals surface area contributed by atoms with Gasteiger partial charge in [-0.1, -0.05) is 6.07 Å². The summed E-state index contributed by atoms with van der Waals surface area (Å²) in [7, 11) is 0. The van der Waals surface area contributed by atoms with Gasteiger partial charge in [-0.25, -0.2) is 0 Å². The standard InChI is InChI=1S/C17H19N3O4S/c18-12-6-1-9(8-14-15(21)20-17(24)25-14)7-13(12)19-11-4-2-10(3-5-11)16(22)23/h1,6-8,10-11,19H,2-5,18H2,(H,22,23)(H,20,21,24). The minimum absolute atomic E-state index is 0.173. The molecule has 2 amide bonds. The number of imide groups is 1. The molecule has 8 heteroatoms. The smallest absolute Gasteiger partial charge is 0.306 e. The normalized spacial score (nSPS) is 25.0. The summed E-state index contributed by atoms with van der Waals surface area (Å²) in [5.74, 6) is -1.39. The number of carboxylic acids is 1. The Morgan fingerprint density at radius 3 is 2.60 bits per heavy atom. The Kier molecular flexibility index (Phi) is 4.98. The Balaban J connectivity index is 1.70. The zero-order valence-electron chi connectivity index (χ0n) is 13.5. The minimum Gasteiger partial charge on any atom is -0.481 e. The molecule has 3 rings (SSSR count). The molecule has 0 spiro atoms. The van der Waals surface area contributed by atoms with Crippen LogP contribution in [0.15, 0.2) is 23.1 Å². The third kappa shape index (κ3) is 4.14. The van der Waals surface area contributed by atoms with E-state index in [4.69, 9.17) is 10.8 Å². The highest BCUT2D eigenvalue weighted by molar-refractivity contribution is 8.18. The fourth-order valence-electron chi connectivity index (χ4n) is 3.07. The van der Waals surface area contributed by atoms with Crippen molar-refractivity contribution >= 4 is 46.3 Å². The summed E-state index contributed by atoms with van der Waals surface area (Å²) in [6.07, 6.45) is 4.49. The highest BCUT2D eigenvalue weighted by Crippen LogP contribution is 2.31. The summed E-state index contributed by atoms with van der Waals surface area (Å²) < 4.78 is 0. The maximum atomic E-state index is 11.6. The van der Waals surface area contributed by atoms with Gasteiger partial charge in [-0.3, -0.25) is 19.7 Å². The van der Waals surface area contributed by atoms with Crippen LogP contribution in [0.25, 0.3) is 6.08 Å². The van der Waals surface area contributed by atoms with Crippen LogP contribution in [0.3, 0.4) is 0 Å². The van der Waals surface area contributed by atoms with Crippen molar-refractivity contribution in [2.45, 2.75) is 31.7 Å². The maximum Gasteiger partial charge on any atom is 0.306 e. The number of nitrogen functional groups attached to an aromatic ring is 1. The topological polar surface area (TPSA) is 122 Å². The lowest BCUT2D eigenvalue weighted by Crippen LogP contribution is -2.29. The van der Waals surface area contributed by atoms with Gasteiger partial charge in [0.05, 0.1) is 22.2 Å². The van der Waals surface area contributed by atoms with Gasteiger partial charge in [0.2, 0.25) is 0 Å². The van der Waals surface area contributed by atoms with E-state index in [2.05, 4.69) is 10.6 Å².